The molecule has 2 rings (SSSR count). The molecule has 20 heavy (non-hydrogen) atoms. The van der Waals surface area contributed by atoms with Crippen molar-refractivity contribution in [2.75, 3.05) is 0 Å². The van der Waals surface area contributed by atoms with E-state index in [1.165, 1.54) is 5.56 Å². The van der Waals surface area contributed by atoms with Gasteiger partial charge in [-0.1, -0.05) is 37.6 Å². The smallest absolute Gasteiger partial charge is 0.308 e. The quantitative estimate of drug-likeness (QED) is 0.865. The van der Waals surface area contributed by atoms with Gasteiger partial charge in [0.15, 0.2) is 0 Å². The molecule has 0 unspecified atom stereocenters. The molecule has 0 bridgehead atoms. The first-order valence-corrected chi connectivity index (χ1v) is 7.20. The molecule has 1 fully saturated rings. The molecule has 1 aromatic carbocycles. The molecule has 4 heteroatoms. The van der Waals surface area contributed by atoms with Crippen molar-refractivity contribution >= 4 is 11.9 Å². The molecule has 4 nitrogen and oxygen atoms in total. The van der Waals surface area contributed by atoms with Crippen LogP contribution in [0.3, 0.4) is 0 Å². The molecule has 0 spiro atoms. The summed E-state index contributed by atoms with van der Waals surface area (Å²) in [5.74, 6) is -1.31. The van der Waals surface area contributed by atoms with E-state index in [1.54, 1.807) is 0 Å². The molecule has 1 aromatic rings. The number of carboxylic acid groups (broad SMARTS) is 1. The molecular formula is C16H21NO3. The van der Waals surface area contributed by atoms with Gasteiger partial charge in [0, 0.05) is 6.04 Å². The lowest BCUT2D eigenvalue weighted by atomic mass is 10.0. The van der Waals surface area contributed by atoms with Gasteiger partial charge >= 0.3 is 5.97 Å². The second-order valence-electron chi connectivity index (χ2n) is 5.35. The van der Waals surface area contributed by atoms with Gasteiger partial charge in [-0.25, -0.2) is 0 Å². The van der Waals surface area contributed by atoms with Gasteiger partial charge in [0.25, 0.3) is 0 Å². The summed E-state index contributed by atoms with van der Waals surface area (Å²) in [4.78, 5) is 23.2. The number of hydrogen-bond acceptors (Lipinski definition) is 2. The maximum atomic E-state index is 12.1. The first-order chi connectivity index (χ1) is 9.61. The third kappa shape index (κ3) is 3.38. The zero-order valence-electron chi connectivity index (χ0n) is 11.8. The molecule has 0 radical (unpaired) electrons. The van der Waals surface area contributed by atoms with Crippen molar-refractivity contribution in [2.45, 2.75) is 45.1 Å². The predicted molar refractivity (Wildman–Crippen MR) is 76.4 cm³/mol. The average molecular weight is 275 g/mol. The zero-order valence-corrected chi connectivity index (χ0v) is 11.8. The molecule has 0 heterocycles. The maximum absolute atomic E-state index is 12.1. The van der Waals surface area contributed by atoms with Crippen molar-refractivity contribution in [3.05, 3.63) is 35.4 Å². The minimum atomic E-state index is -0.804. The topological polar surface area (TPSA) is 66.4 Å². The van der Waals surface area contributed by atoms with Gasteiger partial charge in [-0.3, -0.25) is 9.59 Å². The van der Waals surface area contributed by atoms with Crippen molar-refractivity contribution in [2.24, 2.45) is 5.92 Å². The Balaban J connectivity index is 1.97. The van der Waals surface area contributed by atoms with Crippen LogP contribution in [0.1, 0.15) is 37.3 Å². The van der Waals surface area contributed by atoms with E-state index in [2.05, 4.69) is 12.2 Å². The van der Waals surface area contributed by atoms with Crippen molar-refractivity contribution in [1.29, 1.82) is 0 Å². The van der Waals surface area contributed by atoms with Crippen LogP contribution < -0.4 is 5.32 Å². The van der Waals surface area contributed by atoms with Crippen molar-refractivity contribution < 1.29 is 14.7 Å². The van der Waals surface area contributed by atoms with E-state index in [1.807, 2.05) is 24.3 Å². The Hall–Kier alpha value is -1.84. The summed E-state index contributed by atoms with van der Waals surface area (Å²) in [6.45, 7) is 2.06. The fourth-order valence-electron chi connectivity index (χ4n) is 2.93. The molecule has 1 aliphatic carbocycles. The monoisotopic (exact) mass is 275 g/mol. The summed E-state index contributed by atoms with van der Waals surface area (Å²) in [5.41, 5.74) is 2.20. The Bertz CT molecular complexity index is 498. The number of aryl methyl sites for hydroxylation is 1. The highest BCUT2D eigenvalue weighted by Crippen LogP contribution is 2.26. The molecule has 0 aliphatic heterocycles. The fraction of sp³-hybridized carbons (Fsp3) is 0.500. The highest BCUT2D eigenvalue weighted by Gasteiger charge is 2.33. The normalized spacial score (nSPS) is 21.6. The summed E-state index contributed by atoms with van der Waals surface area (Å²) in [6, 6.07) is 7.67. The molecule has 2 N–H and O–H groups in total. The third-order valence-corrected chi connectivity index (χ3v) is 4.03. The van der Waals surface area contributed by atoms with Crippen LogP contribution in [-0.2, 0) is 22.4 Å². The first-order valence-electron chi connectivity index (χ1n) is 7.20. The second-order valence-corrected chi connectivity index (χ2v) is 5.35. The molecule has 1 amide bonds. The Morgan fingerprint density at radius 3 is 2.60 bits per heavy atom. The van der Waals surface area contributed by atoms with E-state index in [-0.39, 0.29) is 11.9 Å². The van der Waals surface area contributed by atoms with Crippen LogP contribution in [0.15, 0.2) is 24.3 Å². The Morgan fingerprint density at radius 1 is 1.25 bits per heavy atom. The predicted octanol–water partition coefficient (Wildman–Crippen LogP) is 2.16. The number of hydrogen-bond donors (Lipinski definition) is 2. The Labute approximate surface area is 119 Å². The summed E-state index contributed by atoms with van der Waals surface area (Å²) in [6.07, 6.45) is 3.51. The van der Waals surface area contributed by atoms with Crippen LogP contribution in [0.5, 0.6) is 0 Å². The SMILES string of the molecule is CCc1ccccc1CC(=O)N[C@@H]1CCC[C@@H]1C(=O)O. The number of carboxylic acids is 1. The van der Waals surface area contributed by atoms with Gasteiger partial charge in [0.05, 0.1) is 12.3 Å². The Morgan fingerprint density at radius 2 is 1.95 bits per heavy atom. The summed E-state index contributed by atoms with van der Waals surface area (Å²) in [5, 5.41) is 12.0. The first kappa shape index (κ1) is 14.6. The number of nitrogens with one attached hydrogen (secondary N) is 1. The molecule has 2 atom stereocenters. The highest BCUT2D eigenvalue weighted by molar-refractivity contribution is 5.80. The minimum absolute atomic E-state index is 0.0796. The number of amides is 1. The molecule has 0 saturated heterocycles. The molecule has 1 aliphatic rings. The average Bonchev–Trinajstić information content (AvgIpc) is 2.87. The van der Waals surface area contributed by atoms with E-state index in [0.717, 1.165) is 24.8 Å². The van der Waals surface area contributed by atoms with E-state index < -0.39 is 11.9 Å². The van der Waals surface area contributed by atoms with E-state index in [9.17, 15) is 9.59 Å². The highest BCUT2D eigenvalue weighted by atomic mass is 16.4. The van der Waals surface area contributed by atoms with E-state index >= 15 is 0 Å². The number of rotatable bonds is 5. The van der Waals surface area contributed by atoms with Gasteiger partial charge < -0.3 is 10.4 Å². The van der Waals surface area contributed by atoms with Gasteiger partial charge in [-0.2, -0.15) is 0 Å². The largest absolute Gasteiger partial charge is 0.481 e. The summed E-state index contributed by atoms with van der Waals surface area (Å²) >= 11 is 0. The number of aliphatic carboxylic acids is 1. The third-order valence-electron chi connectivity index (χ3n) is 4.03. The molecule has 0 aromatic heterocycles. The van der Waals surface area contributed by atoms with Crippen LogP contribution in [0, 0.1) is 5.92 Å². The summed E-state index contributed by atoms with van der Waals surface area (Å²) in [7, 11) is 0. The van der Waals surface area contributed by atoms with Crippen LogP contribution in [0.4, 0.5) is 0 Å². The van der Waals surface area contributed by atoms with E-state index in [0.29, 0.717) is 12.8 Å². The van der Waals surface area contributed by atoms with Crippen molar-refractivity contribution in [1.82, 2.24) is 5.32 Å². The lowest BCUT2D eigenvalue weighted by molar-refractivity contribution is -0.142. The molecular weight excluding hydrogens is 254 g/mol. The zero-order chi connectivity index (χ0) is 14.5. The lowest BCUT2D eigenvalue weighted by Crippen LogP contribution is -2.40. The van der Waals surface area contributed by atoms with Crippen LogP contribution in [0.25, 0.3) is 0 Å². The fourth-order valence-corrected chi connectivity index (χ4v) is 2.93. The maximum Gasteiger partial charge on any atom is 0.308 e. The number of benzene rings is 1. The van der Waals surface area contributed by atoms with Gasteiger partial charge in [0.2, 0.25) is 5.91 Å². The lowest BCUT2D eigenvalue weighted by Gasteiger charge is -2.18. The minimum Gasteiger partial charge on any atom is -0.481 e. The van der Waals surface area contributed by atoms with Gasteiger partial charge in [0.1, 0.15) is 0 Å². The Kier molecular flexibility index (Phi) is 4.77. The van der Waals surface area contributed by atoms with E-state index in [4.69, 9.17) is 5.11 Å². The van der Waals surface area contributed by atoms with Crippen LogP contribution >= 0.6 is 0 Å². The van der Waals surface area contributed by atoms with Crippen LogP contribution in [0.2, 0.25) is 0 Å². The number of carbonyl (C=O) groups is 2. The number of carbonyl (C=O) groups excluding carboxylic acids is 1. The summed E-state index contributed by atoms with van der Waals surface area (Å²) < 4.78 is 0. The van der Waals surface area contributed by atoms with Gasteiger partial charge in [-0.15, -0.1) is 0 Å². The van der Waals surface area contributed by atoms with Gasteiger partial charge in [-0.05, 0) is 30.4 Å². The molecule has 108 valence electrons. The second kappa shape index (κ2) is 6.55. The van der Waals surface area contributed by atoms with Crippen molar-refractivity contribution in [3.8, 4) is 0 Å². The standard InChI is InChI=1S/C16H21NO3/c1-2-11-6-3-4-7-12(11)10-15(18)17-14-9-5-8-13(14)16(19)20/h3-4,6-7,13-14H,2,5,8-10H2,1H3,(H,17,18)(H,19,20)/t13-,14+/m0/s1. The molecule has 1 saturated carbocycles. The van der Waals surface area contributed by atoms with Crippen LogP contribution in [-0.4, -0.2) is 23.0 Å². The van der Waals surface area contributed by atoms with Crippen molar-refractivity contribution in [3.63, 3.8) is 0 Å².